The van der Waals surface area contributed by atoms with E-state index >= 15 is 0 Å². The number of halogens is 1. The lowest BCUT2D eigenvalue weighted by Crippen LogP contribution is -1.85. The van der Waals surface area contributed by atoms with E-state index in [0.29, 0.717) is 10.8 Å². The van der Waals surface area contributed by atoms with Gasteiger partial charge in [0.2, 0.25) is 0 Å². The Morgan fingerprint density at radius 3 is 2.44 bits per heavy atom. The maximum absolute atomic E-state index is 14.2. The average Bonchev–Trinajstić information content (AvgIpc) is 2.31. The average molecular weight is 210 g/mol. The molecule has 0 amide bonds. The van der Waals surface area contributed by atoms with E-state index in [-0.39, 0.29) is 5.82 Å². The van der Waals surface area contributed by atoms with Crippen molar-refractivity contribution < 1.29 is 4.39 Å². The van der Waals surface area contributed by atoms with Gasteiger partial charge in [0.15, 0.2) is 0 Å². The zero-order chi connectivity index (χ0) is 11.1. The molecule has 0 fully saturated rings. The Bertz CT molecular complexity index is 683. The molecule has 0 aliphatic rings. The van der Waals surface area contributed by atoms with E-state index in [4.69, 9.17) is 0 Å². The maximum Gasteiger partial charge on any atom is 0.138 e. The largest absolute Gasteiger partial charge is 0.206 e. The van der Waals surface area contributed by atoms with Gasteiger partial charge < -0.3 is 0 Å². The molecule has 0 aliphatic heterocycles. The Morgan fingerprint density at radius 2 is 1.56 bits per heavy atom. The standard InChI is InChI=1S/C15H11F/c1-10-5-4-8-13-14(10)9-11-6-2-3-7-12(11)15(13)16/h2-9H,1H3. The summed E-state index contributed by atoms with van der Waals surface area (Å²) in [6, 6.07) is 15.4. The van der Waals surface area contributed by atoms with Crippen LogP contribution in [0.25, 0.3) is 21.5 Å². The van der Waals surface area contributed by atoms with Gasteiger partial charge in [0, 0.05) is 10.8 Å². The van der Waals surface area contributed by atoms with Crippen molar-refractivity contribution in [1.29, 1.82) is 0 Å². The molecule has 3 aromatic carbocycles. The molecule has 3 rings (SSSR count). The minimum atomic E-state index is -0.114. The van der Waals surface area contributed by atoms with E-state index in [1.807, 2.05) is 49.4 Å². The molecule has 0 spiro atoms. The Labute approximate surface area is 93.3 Å². The fourth-order valence-corrected chi connectivity index (χ4v) is 2.19. The molecule has 0 unspecified atom stereocenters. The molecule has 0 aromatic heterocycles. The summed E-state index contributed by atoms with van der Waals surface area (Å²) in [5, 5.41) is 3.36. The molecule has 0 saturated heterocycles. The van der Waals surface area contributed by atoms with E-state index in [1.54, 1.807) is 0 Å². The molecule has 0 aliphatic carbocycles. The molecule has 3 aromatic rings. The Morgan fingerprint density at radius 1 is 0.812 bits per heavy atom. The predicted molar refractivity (Wildman–Crippen MR) is 66.1 cm³/mol. The van der Waals surface area contributed by atoms with Crippen LogP contribution in [0.5, 0.6) is 0 Å². The number of hydrogen-bond acceptors (Lipinski definition) is 0. The number of benzene rings is 3. The molecular formula is C15H11F. The lowest BCUT2D eigenvalue weighted by Gasteiger charge is -2.06. The van der Waals surface area contributed by atoms with Crippen LogP contribution in [-0.4, -0.2) is 0 Å². The van der Waals surface area contributed by atoms with Gasteiger partial charge in [0.05, 0.1) is 0 Å². The topological polar surface area (TPSA) is 0 Å². The Balaban J connectivity index is 2.61. The lowest BCUT2D eigenvalue weighted by molar-refractivity contribution is 0.651. The molecule has 0 saturated carbocycles. The summed E-state index contributed by atoms with van der Waals surface area (Å²) in [5.74, 6) is -0.114. The van der Waals surface area contributed by atoms with Gasteiger partial charge in [0.1, 0.15) is 5.82 Å². The van der Waals surface area contributed by atoms with Crippen LogP contribution in [0.4, 0.5) is 4.39 Å². The SMILES string of the molecule is Cc1cccc2c(F)c3ccccc3cc12. The molecule has 1 heteroatoms. The van der Waals surface area contributed by atoms with Crippen LogP contribution >= 0.6 is 0 Å². The molecule has 0 N–H and O–H groups in total. The quantitative estimate of drug-likeness (QED) is 0.481. The van der Waals surface area contributed by atoms with Crippen LogP contribution in [0, 0.1) is 12.7 Å². The van der Waals surface area contributed by atoms with Gasteiger partial charge in [-0.1, -0.05) is 42.5 Å². The first kappa shape index (κ1) is 9.34. The predicted octanol–water partition coefficient (Wildman–Crippen LogP) is 4.44. The fraction of sp³-hybridized carbons (Fsp3) is 0.0667. The number of aryl methyl sites for hydroxylation is 1. The van der Waals surface area contributed by atoms with Gasteiger partial charge in [-0.3, -0.25) is 0 Å². The van der Waals surface area contributed by atoms with Crippen molar-refractivity contribution in [3.05, 3.63) is 59.9 Å². The normalized spacial score (nSPS) is 11.1. The Hall–Kier alpha value is -1.89. The molecule has 0 bridgehead atoms. The molecule has 78 valence electrons. The van der Waals surface area contributed by atoms with E-state index in [1.165, 1.54) is 0 Å². The molecule has 0 atom stereocenters. The zero-order valence-corrected chi connectivity index (χ0v) is 9.00. The third-order valence-electron chi connectivity index (χ3n) is 3.06. The first-order valence-electron chi connectivity index (χ1n) is 5.34. The molecular weight excluding hydrogens is 199 g/mol. The summed E-state index contributed by atoms with van der Waals surface area (Å²) < 4.78 is 14.2. The van der Waals surface area contributed by atoms with Crippen LogP contribution in [0.15, 0.2) is 48.5 Å². The van der Waals surface area contributed by atoms with E-state index in [9.17, 15) is 4.39 Å². The summed E-state index contributed by atoms with van der Waals surface area (Å²) in [5.41, 5.74) is 1.11. The minimum absolute atomic E-state index is 0.114. The lowest BCUT2D eigenvalue weighted by atomic mass is 10.00. The highest BCUT2D eigenvalue weighted by molar-refractivity contribution is 6.00. The monoisotopic (exact) mass is 210 g/mol. The van der Waals surface area contributed by atoms with Crippen LogP contribution in [0.2, 0.25) is 0 Å². The summed E-state index contributed by atoms with van der Waals surface area (Å²) in [6.45, 7) is 2.01. The maximum atomic E-state index is 14.2. The minimum Gasteiger partial charge on any atom is -0.206 e. The first-order valence-corrected chi connectivity index (χ1v) is 5.34. The highest BCUT2D eigenvalue weighted by Gasteiger charge is 2.07. The molecule has 16 heavy (non-hydrogen) atoms. The second kappa shape index (κ2) is 3.31. The third kappa shape index (κ3) is 1.21. The summed E-state index contributed by atoms with van der Waals surface area (Å²) in [6.07, 6.45) is 0. The second-order valence-corrected chi connectivity index (χ2v) is 4.08. The first-order chi connectivity index (χ1) is 7.77. The number of rotatable bonds is 0. The van der Waals surface area contributed by atoms with Crippen LogP contribution < -0.4 is 0 Å². The summed E-state index contributed by atoms with van der Waals surface area (Å²) >= 11 is 0. The van der Waals surface area contributed by atoms with Crippen LogP contribution in [0.3, 0.4) is 0 Å². The van der Waals surface area contributed by atoms with Gasteiger partial charge in [0.25, 0.3) is 0 Å². The highest BCUT2D eigenvalue weighted by Crippen LogP contribution is 2.28. The summed E-state index contributed by atoms with van der Waals surface area (Å²) in [4.78, 5) is 0. The van der Waals surface area contributed by atoms with Gasteiger partial charge in [-0.05, 0) is 29.3 Å². The second-order valence-electron chi connectivity index (χ2n) is 4.08. The Kier molecular flexibility index (Phi) is 1.93. The van der Waals surface area contributed by atoms with E-state index in [0.717, 1.165) is 16.3 Å². The van der Waals surface area contributed by atoms with Crippen molar-refractivity contribution in [1.82, 2.24) is 0 Å². The third-order valence-corrected chi connectivity index (χ3v) is 3.06. The zero-order valence-electron chi connectivity index (χ0n) is 9.00. The summed E-state index contributed by atoms with van der Waals surface area (Å²) in [7, 11) is 0. The van der Waals surface area contributed by atoms with Crippen LogP contribution in [0.1, 0.15) is 5.56 Å². The van der Waals surface area contributed by atoms with E-state index in [2.05, 4.69) is 6.07 Å². The van der Waals surface area contributed by atoms with Gasteiger partial charge >= 0.3 is 0 Å². The van der Waals surface area contributed by atoms with Crippen molar-refractivity contribution in [2.75, 3.05) is 0 Å². The van der Waals surface area contributed by atoms with E-state index < -0.39 is 0 Å². The highest BCUT2D eigenvalue weighted by atomic mass is 19.1. The fourth-order valence-electron chi connectivity index (χ4n) is 2.19. The number of fused-ring (bicyclic) bond motifs is 2. The van der Waals surface area contributed by atoms with Crippen molar-refractivity contribution in [3.8, 4) is 0 Å². The smallest absolute Gasteiger partial charge is 0.138 e. The van der Waals surface area contributed by atoms with Crippen LogP contribution in [-0.2, 0) is 0 Å². The number of hydrogen-bond donors (Lipinski definition) is 0. The molecule has 0 radical (unpaired) electrons. The van der Waals surface area contributed by atoms with Gasteiger partial charge in [-0.15, -0.1) is 0 Å². The molecule has 0 nitrogen and oxygen atoms in total. The van der Waals surface area contributed by atoms with Gasteiger partial charge in [-0.25, -0.2) is 4.39 Å². The van der Waals surface area contributed by atoms with Crippen molar-refractivity contribution in [2.24, 2.45) is 0 Å². The van der Waals surface area contributed by atoms with Crippen molar-refractivity contribution in [3.63, 3.8) is 0 Å². The molecule has 0 heterocycles. The van der Waals surface area contributed by atoms with Gasteiger partial charge in [-0.2, -0.15) is 0 Å². The van der Waals surface area contributed by atoms with Crippen molar-refractivity contribution >= 4 is 21.5 Å². The van der Waals surface area contributed by atoms with Crippen molar-refractivity contribution in [2.45, 2.75) is 6.92 Å².